The van der Waals surface area contributed by atoms with E-state index in [0.29, 0.717) is 17.8 Å². The van der Waals surface area contributed by atoms with Crippen LogP contribution < -0.4 is 14.5 Å². The number of halogens is 1. The van der Waals surface area contributed by atoms with Gasteiger partial charge in [0.15, 0.2) is 5.65 Å². The van der Waals surface area contributed by atoms with Crippen LogP contribution in [-0.2, 0) is 6.54 Å². The van der Waals surface area contributed by atoms with Crippen LogP contribution in [0.1, 0.15) is 5.56 Å². The number of aromatic nitrogens is 4. The number of fused-ring (bicyclic) bond motifs is 1. The molecule has 31 heavy (non-hydrogen) atoms. The molecule has 0 amide bonds. The molecule has 158 valence electrons. The Morgan fingerprint density at radius 3 is 2.48 bits per heavy atom. The van der Waals surface area contributed by atoms with E-state index in [1.165, 1.54) is 6.07 Å². The van der Waals surface area contributed by atoms with E-state index < -0.39 is 0 Å². The number of piperazine rings is 1. The van der Waals surface area contributed by atoms with E-state index in [1.54, 1.807) is 36.4 Å². The van der Waals surface area contributed by atoms with Crippen LogP contribution in [0.15, 0.2) is 61.1 Å². The lowest BCUT2D eigenvalue weighted by atomic mass is 10.2. The van der Waals surface area contributed by atoms with Gasteiger partial charge in [0.25, 0.3) is 0 Å². The minimum absolute atomic E-state index is 0.243. The highest BCUT2D eigenvalue weighted by molar-refractivity contribution is 5.86. The molecule has 4 aromatic rings. The first-order valence-electron chi connectivity index (χ1n) is 10.3. The number of para-hydroxylation sites is 2. The largest absolute Gasteiger partial charge is 0.495 e. The summed E-state index contributed by atoms with van der Waals surface area (Å²) in [5.74, 6) is 1.51. The molecule has 0 aliphatic carbocycles. The van der Waals surface area contributed by atoms with Gasteiger partial charge >= 0.3 is 0 Å². The lowest BCUT2D eigenvalue weighted by Crippen LogP contribution is -2.47. The second-order valence-electron chi connectivity index (χ2n) is 7.47. The van der Waals surface area contributed by atoms with E-state index in [0.717, 1.165) is 48.8 Å². The molecule has 7 nitrogen and oxygen atoms in total. The third-order valence-electron chi connectivity index (χ3n) is 5.70. The van der Waals surface area contributed by atoms with E-state index in [9.17, 15) is 4.39 Å². The number of rotatable bonds is 5. The number of benzene rings is 2. The van der Waals surface area contributed by atoms with Crippen molar-refractivity contribution in [1.82, 2.24) is 19.7 Å². The second kappa shape index (κ2) is 8.22. The molecule has 2 aromatic heterocycles. The maximum absolute atomic E-state index is 14.1. The van der Waals surface area contributed by atoms with Gasteiger partial charge in [-0.2, -0.15) is 5.10 Å². The van der Waals surface area contributed by atoms with Crippen LogP contribution in [0.4, 0.5) is 15.9 Å². The van der Waals surface area contributed by atoms with Crippen molar-refractivity contribution in [3.63, 3.8) is 0 Å². The van der Waals surface area contributed by atoms with Gasteiger partial charge in [-0.25, -0.2) is 19.0 Å². The summed E-state index contributed by atoms with van der Waals surface area (Å²) in [5.41, 5.74) is 2.40. The lowest BCUT2D eigenvalue weighted by Gasteiger charge is -2.37. The summed E-state index contributed by atoms with van der Waals surface area (Å²) < 4.78 is 21.3. The molecule has 1 saturated heterocycles. The Labute approximate surface area is 179 Å². The first-order chi connectivity index (χ1) is 15.2. The summed E-state index contributed by atoms with van der Waals surface area (Å²) in [7, 11) is 1.70. The summed E-state index contributed by atoms with van der Waals surface area (Å²) in [4.78, 5) is 13.5. The summed E-state index contributed by atoms with van der Waals surface area (Å²) in [5, 5.41) is 5.35. The summed E-state index contributed by atoms with van der Waals surface area (Å²) in [6.07, 6.45) is 3.34. The molecule has 3 heterocycles. The zero-order valence-electron chi connectivity index (χ0n) is 17.3. The van der Waals surface area contributed by atoms with Crippen molar-refractivity contribution < 1.29 is 9.13 Å². The average molecular weight is 418 g/mol. The van der Waals surface area contributed by atoms with Crippen molar-refractivity contribution in [2.75, 3.05) is 43.1 Å². The standard InChI is InChI=1S/C23H23FN6O/c1-31-21-9-5-4-8-20(21)28-10-12-29(13-11-28)22-18-14-27-30(23(18)26-16-25-22)15-17-6-2-3-7-19(17)24/h2-9,14,16H,10-13,15H2,1H3. The Balaban J connectivity index is 1.37. The van der Waals surface area contributed by atoms with Gasteiger partial charge in [-0.15, -0.1) is 0 Å². The summed E-state index contributed by atoms with van der Waals surface area (Å²) >= 11 is 0. The van der Waals surface area contributed by atoms with E-state index in [2.05, 4.69) is 30.9 Å². The number of hydrogen-bond acceptors (Lipinski definition) is 6. The van der Waals surface area contributed by atoms with E-state index in [1.807, 2.05) is 24.3 Å². The van der Waals surface area contributed by atoms with Crippen molar-refractivity contribution in [1.29, 1.82) is 0 Å². The molecule has 1 aliphatic heterocycles. The number of nitrogens with zero attached hydrogens (tertiary/aromatic N) is 6. The third kappa shape index (κ3) is 3.65. The highest BCUT2D eigenvalue weighted by atomic mass is 19.1. The first-order valence-corrected chi connectivity index (χ1v) is 10.3. The molecule has 8 heteroatoms. The lowest BCUT2D eigenvalue weighted by molar-refractivity contribution is 0.413. The number of anilines is 2. The van der Waals surface area contributed by atoms with Gasteiger partial charge < -0.3 is 14.5 Å². The molecule has 0 N–H and O–H groups in total. The Morgan fingerprint density at radius 2 is 1.68 bits per heavy atom. The van der Waals surface area contributed by atoms with Gasteiger partial charge in [0.05, 0.1) is 30.9 Å². The van der Waals surface area contributed by atoms with Crippen LogP contribution >= 0.6 is 0 Å². The molecule has 2 aromatic carbocycles. The van der Waals surface area contributed by atoms with Crippen molar-refractivity contribution in [2.45, 2.75) is 6.54 Å². The maximum atomic E-state index is 14.1. The molecular weight excluding hydrogens is 395 g/mol. The highest BCUT2D eigenvalue weighted by Crippen LogP contribution is 2.30. The zero-order valence-corrected chi connectivity index (χ0v) is 17.3. The molecule has 5 rings (SSSR count). The molecular formula is C23H23FN6O. The number of hydrogen-bond donors (Lipinski definition) is 0. The molecule has 0 bridgehead atoms. The van der Waals surface area contributed by atoms with Crippen molar-refractivity contribution in [3.8, 4) is 5.75 Å². The molecule has 1 aliphatic rings. The normalized spacial score (nSPS) is 14.3. The first kappa shape index (κ1) is 19.3. The Hall–Kier alpha value is -3.68. The van der Waals surface area contributed by atoms with Crippen LogP contribution in [0.3, 0.4) is 0 Å². The topological polar surface area (TPSA) is 59.3 Å². The average Bonchev–Trinajstić information content (AvgIpc) is 3.23. The second-order valence-corrected chi connectivity index (χ2v) is 7.47. The van der Waals surface area contributed by atoms with Crippen LogP contribution in [0.5, 0.6) is 5.75 Å². The van der Waals surface area contributed by atoms with E-state index in [-0.39, 0.29) is 5.82 Å². The Morgan fingerprint density at radius 1 is 0.935 bits per heavy atom. The maximum Gasteiger partial charge on any atom is 0.163 e. The van der Waals surface area contributed by atoms with Gasteiger partial charge in [0.2, 0.25) is 0 Å². The van der Waals surface area contributed by atoms with Crippen molar-refractivity contribution in [2.24, 2.45) is 0 Å². The Bertz CT molecular complexity index is 1200. The zero-order chi connectivity index (χ0) is 21.2. The van der Waals surface area contributed by atoms with Gasteiger partial charge in [-0.1, -0.05) is 30.3 Å². The van der Waals surface area contributed by atoms with Gasteiger partial charge in [0, 0.05) is 31.7 Å². The molecule has 0 unspecified atom stereocenters. The molecule has 0 atom stereocenters. The van der Waals surface area contributed by atoms with Crippen LogP contribution in [0.2, 0.25) is 0 Å². The van der Waals surface area contributed by atoms with E-state index in [4.69, 9.17) is 4.74 Å². The fourth-order valence-corrected chi connectivity index (χ4v) is 4.09. The summed E-state index contributed by atoms with van der Waals surface area (Å²) in [6, 6.07) is 14.8. The predicted octanol–water partition coefficient (Wildman–Crippen LogP) is 3.35. The number of ether oxygens (including phenoxy) is 1. The SMILES string of the molecule is COc1ccccc1N1CCN(c2ncnc3c2cnn3Cc2ccccc2F)CC1. The van der Waals surface area contributed by atoms with Crippen molar-refractivity contribution >= 4 is 22.5 Å². The molecule has 0 spiro atoms. The number of methoxy groups -OCH3 is 1. The molecule has 1 fully saturated rings. The van der Waals surface area contributed by atoms with Crippen LogP contribution in [0.25, 0.3) is 11.0 Å². The molecule has 0 radical (unpaired) electrons. The minimum atomic E-state index is -0.243. The highest BCUT2D eigenvalue weighted by Gasteiger charge is 2.23. The minimum Gasteiger partial charge on any atom is -0.495 e. The fraction of sp³-hybridized carbons (Fsp3) is 0.261. The van der Waals surface area contributed by atoms with Gasteiger partial charge in [-0.05, 0) is 18.2 Å². The third-order valence-corrected chi connectivity index (χ3v) is 5.70. The van der Waals surface area contributed by atoms with Crippen molar-refractivity contribution in [3.05, 3.63) is 72.4 Å². The van der Waals surface area contributed by atoms with E-state index >= 15 is 0 Å². The fourth-order valence-electron chi connectivity index (χ4n) is 4.09. The smallest absolute Gasteiger partial charge is 0.163 e. The predicted molar refractivity (Wildman–Crippen MR) is 118 cm³/mol. The molecule has 0 saturated carbocycles. The van der Waals surface area contributed by atoms with Gasteiger partial charge in [-0.3, -0.25) is 0 Å². The summed E-state index contributed by atoms with van der Waals surface area (Å²) in [6.45, 7) is 3.68. The van der Waals surface area contributed by atoms with Gasteiger partial charge in [0.1, 0.15) is 23.7 Å². The van der Waals surface area contributed by atoms with Crippen LogP contribution in [-0.4, -0.2) is 53.0 Å². The monoisotopic (exact) mass is 418 g/mol. The van der Waals surface area contributed by atoms with Crippen LogP contribution in [0, 0.1) is 5.82 Å². The Kier molecular flexibility index (Phi) is 5.11. The quantitative estimate of drug-likeness (QED) is 0.495.